The van der Waals surface area contributed by atoms with E-state index in [2.05, 4.69) is 0 Å². The number of rotatable bonds is 12. The van der Waals surface area contributed by atoms with Crippen LogP contribution in [-0.2, 0) is 14.4 Å². The Morgan fingerprint density at radius 2 is 0.800 bits per heavy atom. The Bertz CT molecular complexity index is 400. The number of hydrogen-bond acceptors (Lipinski definition) is 6. The average molecular weight is 469 g/mol. The predicted octanol–water partition coefficient (Wildman–Crippen LogP) is 2.19. The Hall–Kier alpha value is -0.380. The summed E-state index contributed by atoms with van der Waals surface area (Å²) in [6.07, 6.45) is 1.35. The number of nitrogens with two attached hydrogens (primary N) is 3. The molecule has 0 aliphatic carbocycles. The molecule has 6 N–H and O–H groups in total. The summed E-state index contributed by atoms with van der Waals surface area (Å²) >= 11 is -3.38. The van der Waals surface area contributed by atoms with Gasteiger partial charge in [0.2, 0.25) is 0 Å². The molecule has 0 aromatic rings. The van der Waals surface area contributed by atoms with E-state index >= 15 is 0 Å². The van der Waals surface area contributed by atoms with Crippen LogP contribution in [0.5, 0.6) is 0 Å². The molecule has 0 saturated heterocycles. The molecular formula is C18H36IN3O3. The van der Waals surface area contributed by atoms with Crippen molar-refractivity contribution in [3.63, 3.8) is 0 Å². The van der Waals surface area contributed by atoms with Crippen LogP contribution in [0.3, 0.4) is 0 Å². The van der Waals surface area contributed by atoms with Crippen LogP contribution >= 0.6 is 19.8 Å². The van der Waals surface area contributed by atoms with Gasteiger partial charge in [0.05, 0.1) is 0 Å². The van der Waals surface area contributed by atoms with Crippen LogP contribution in [0, 0.1) is 17.8 Å². The first-order valence-corrected chi connectivity index (χ1v) is 12.2. The summed E-state index contributed by atoms with van der Waals surface area (Å²) in [7, 11) is 0. The molecule has 0 aliphatic heterocycles. The molecule has 0 heterocycles. The van der Waals surface area contributed by atoms with Crippen LogP contribution in [0.2, 0.25) is 0 Å². The summed E-state index contributed by atoms with van der Waals surface area (Å²) in [6.45, 7) is 11.7. The van der Waals surface area contributed by atoms with Gasteiger partial charge in [0.25, 0.3) is 0 Å². The monoisotopic (exact) mass is 469 g/mol. The molecule has 6 nitrogen and oxygen atoms in total. The van der Waals surface area contributed by atoms with Crippen molar-refractivity contribution in [1.82, 2.24) is 0 Å². The maximum atomic E-state index is 12.8. The first kappa shape index (κ1) is 24.6. The van der Waals surface area contributed by atoms with Crippen LogP contribution in [-0.4, -0.2) is 29.5 Å². The van der Waals surface area contributed by atoms with Gasteiger partial charge in [-0.15, -0.1) is 0 Å². The molecule has 0 rings (SSSR count). The molecule has 0 spiro atoms. The topological polar surface area (TPSA) is 129 Å². The van der Waals surface area contributed by atoms with Crippen LogP contribution in [0.15, 0.2) is 0 Å². The van der Waals surface area contributed by atoms with E-state index in [4.69, 9.17) is 17.2 Å². The van der Waals surface area contributed by atoms with Crippen molar-refractivity contribution in [2.75, 3.05) is 0 Å². The number of carbonyl (C=O) groups excluding carboxylic acids is 3. The van der Waals surface area contributed by atoms with Crippen LogP contribution in [0.1, 0.15) is 60.8 Å². The Balaban J connectivity index is 5.53. The zero-order valence-corrected chi connectivity index (χ0v) is 18.6. The van der Waals surface area contributed by atoms with Crippen LogP contribution in [0.4, 0.5) is 0 Å². The van der Waals surface area contributed by atoms with E-state index in [9.17, 15) is 14.4 Å². The summed E-state index contributed by atoms with van der Waals surface area (Å²) in [5.74, 6) is 0.613. The normalized spacial score (nSPS) is 16.1. The quantitative estimate of drug-likeness (QED) is 0.297. The maximum absolute atomic E-state index is 12.8. The van der Waals surface area contributed by atoms with Crippen molar-refractivity contribution in [1.29, 1.82) is 0 Å². The van der Waals surface area contributed by atoms with Gasteiger partial charge in [-0.1, -0.05) is 0 Å². The Kier molecular flexibility index (Phi) is 11.2. The van der Waals surface area contributed by atoms with Gasteiger partial charge in [-0.05, 0) is 0 Å². The molecule has 0 fully saturated rings. The molecule has 0 saturated carbocycles. The fraction of sp³-hybridized carbons (Fsp3) is 0.833. The van der Waals surface area contributed by atoms with Crippen molar-refractivity contribution >= 4 is 31.2 Å². The zero-order valence-electron chi connectivity index (χ0n) is 16.4. The third-order valence-corrected chi connectivity index (χ3v) is 9.20. The van der Waals surface area contributed by atoms with Gasteiger partial charge in [-0.25, -0.2) is 0 Å². The second-order valence-corrected chi connectivity index (χ2v) is 12.7. The fourth-order valence-electron chi connectivity index (χ4n) is 2.50. The van der Waals surface area contributed by atoms with Gasteiger partial charge in [0.15, 0.2) is 0 Å². The minimum absolute atomic E-state index is 0.204. The molecule has 7 heteroatoms. The molecule has 0 aromatic carbocycles. The predicted molar refractivity (Wildman–Crippen MR) is 111 cm³/mol. The van der Waals surface area contributed by atoms with Crippen LogP contribution in [0.25, 0.3) is 0 Å². The van der Waals surface area contributed by atoms with Gasteiger partial charge in [-0.3, -0.25) is 0 Å². The average Bonchev–Trinajstić information content (AvgIpc) is 2.44. The standard InChI is InChI=1S/C18H36IN3O3/c1-10(2)7-13(20)16(23)19(17(24)14(21)8-11(3)4)18(25)15(22)9-12(5)6/h10-15H,7-9,20-22H2,1-6H3/t13-,14-,15-/m0/s1. The molecular weight excluding hydrogens is 433 g/mol. The summed E-state index contributed by atoms with van der Waals surface area (Å²) in [5, 5.41) is 0. The molecule has 0 amide bonds. The van der Waals surface area contributed by atoms with Crippen molar-refractivity contribution < 1.29 is 14.4 Å². The second kappa shape index (κ2) is 11.4. The van der Waals surface area contributed by atoms with Gasteiger partial charge >= 0.3 is 159 Å². The Labute approximate surface area is 159 Å². The third kappa shape index (κ3) is 8.70. The number of carbonyl (C=O) groups is 3. The van der Waals surface area contributed by atoms with E-state index < -0.39 is 49.3 Å². The molecule has 0 unspecified atom stereocenters. The first-order valence-electron chi connectivity index (χ1n) is 8.96. The third-order valence-electron chi connectivity index (χ3n) is 3.61. The van der Waals surface area contributed by atoms with Crippen LogP contribution < -0.4 is 17.2 Å². The number of hydrogen-bond donors (Lipinski definition) is 3. The molecule has 3 atom stereocenters. The van der Waals surface area contributed by atoms with Gasteiger partial charge in [-0.2, -0.15) is 0 Å². The summed E-state index contributed by atoms with van der Waals surface area (Å²) in [4.78, 5) is 38.5. The Morgan fingerprint density at radius 1 is 0.600 bits per heavy atom. The molecule has 25 heavy (non-hydrogen) atoms. The summed E-state index contributed by atoms with van der Waals surface area (Å²) < 4.78 is -1.19. The minimum atomic E-state index is -3.38. The first-order chi connectivity index (χ1) is 11.4. The van der Waals surface area contributed by atoms with Gasteiger partial charge in [0, 0.05) is 0 Å². The van der Waals surface area contributed by atoms with E-state index in [0.717, 1.165) is 0 Å². The van der Waals surface area contributed by atoms with E-state index in [1.54, 1.807) is 0 Å². The second-order valence-electron chi connectivity index (χ2n) is 7.90. The van der Waals surface area contributed by atoms with E-state index in [1.807, 2.05) is 41.5 Å². The van der Waals surface area contributed by atoms with E-state index in [1.165, 1.54) is 0 Å². The molecule has 0 aromatic heterocycles. The van der Waals surface area contributed by atoms with E-state index in [0.29, 0.717) is 19.3 Å². The molecule has 0 bridgehead atoms. The fourth-order valence-corrected chi connectivity index (χ4v) is 7.23. The SMILES string of the molecule is CC(C)C[C@H](N)C(=O)I(C(=O)[C@@H](N)CC(C)C)C(=O)[C@@H](N)CC(C)C. The van der Waals surface area contributed by atoms with Crippen molar-refractivity contribution in [3.05, 3.63) is 0 Å². The zero-order chi connectivity index (χ0) is 19.9. The molecule has 148 valence electrons. The Morgan fingerprint density at radius 3 is 0.960 bits per heavy atom. The summed E-state index contributed by atoms with van der Waals surface area (Å²) in [5.41, 5.74) is 18.0. The van der Waals surface area contributed by atoms with Crippen molar-refractivity contribution in [2.24, 2.45) is 35.0 Å². The number of halogens is 1. The van der Waals surface area contributed by atoms with E-state index in [-0.39, 0.29) is 17.8 Å². The van der Waals surface area contributed by atoms with Crippen molar-refractivity contribution in [3.8, 4) is 0 Å². The summed E-state index contributed by atoms with van der Waals surface area (Å²) in [6, 6.07) is -2.39. The van der Waals surface area contributed by atoms with Gasteiger partial charge in [0.1, 0.15) is 0 Å². The van der Waals surface area contributed by atoms with Gasteiger partial charge < -0.3 is 0 Å². The molecule has 0 radical (unpaired) electrons. The molecule has 0 aliphatic rings. The van der Waals surface area contributed by atoms with Crippen molar-refractivity contribution in [2.45, 2.75) is 78.9 Å².